The third-order valence-corrected chi connectivity index (χ3v) is 6.22. The van der Waals surface area contributed by atoms with Gasteiger partial charge in [0.15, 0.2) is 0 Å². The molecule has 0 aliphatic carbocycles. The molecule has 1 aromatic heterocycles. The second-order valence-electron chi connectivity index (χ2n) is 8.15. The Bertz CT molecular complexity index is 707. The van der Waals surface area contributed by atoms with Gasteiger partial charge in [-0.3, -0.25) is 4.79 Å². The number of ether oxygens (including phenoxy) is 2. The summed E-state index contributed by atoms with van der Waals surface area (Å²) in [7, 11) is 3.84. The predicted molar refractivity (Wildman–Crippen MR) is 101 cm³/mol. The zero-order valence-corrected chi connectivity index (χ0v) is 16.5. The number of rotatable bonds is 4. The van der Waals surface area contributed by atoms with Crippen molar-refractivity contribution in [1.82, 2.24) is 19.8 Å². The number of anilines is 1. The second kappa shape index (κ2) is 7.33. The average molecular weight is 375 g/mol. The maximum atomic E-state index is 13.1. The van der Waals surface area contributed by atoms with E-state index < -0.39 is 0 Å². The van der Waals surface area contributed by atoms with Crippen molar-refractivity contribution < 1.29 is 14.3 Å². The van der Waals surface area contributed by atoms with Crippen molar-refractivity contribution in [2.45, 2.75) is 6.92 Å². The fourth-order valence-electron chi connectivity index (χ4n) is 4.47. The summed E-state index contributed by atoms with van der Waals surface area (Å²) in [5.41, 5.74) is 1.28. The Morgan fingerprint density at radius 3 is 2.85 bits per heavy atom. The van der Waals surface area contributed by atoms with Gasteiger partial charge in [-0.05, 0) is 14.0 Å². The molecule has 2 atom stereocenters. The molecule has 4 heterocycles. The van der Waals surface area contributed by atoms with Crippen LogP contribution in [0.3, 0.4) is 0 Å². The standard InChI is InChI=1S/C19H29N5O3/c1-14-16(8-20-18(21-14)23-6-4-22(2)5-7-23)17(25)24-9-15-10-27-13-19(15,11-24)12-26-3/h8,15H,4-7,9-13H2,1-3H3/t15-,19-/m0/s1. The molecule has 0 radical (unpaired) electrons. The molecule has 27 heavy (non-hydrogen) atoms. The van der Waals surface area contributed by atoms with E-state index in [-0.39, 0.29) is 11.3 Å². The maximum Gasteiger partial charge on any atom is 0.257 e. The lowest BCUT2D eigenvalue weighted by atomic mass is 9.82. The number of carbonyl (C=O) groups excluding carboxylic acids is 1. The van der Waals surface area contributed by atoms with Crippen LogP contribution < -0.4 is 4.90 Å². The Morgan fingerprint density at radius 1 is 1.37 bits per heavy atom. The van der Waals surface area contributed by atoms with Gasteiger partial charge in [0.05, 0.1) is 31.1 Å². The van der Waals surface area contributed by atoms with Gasteiger partial charge in [-0.15, -0.1) is 0 Å². The predicted octanol–water partition coefficient (Wildman–Crippen LogP) is 0.272. The first-order valence-electron chi connectivity index (χ1n) is 9.65. The first kappa shape index (κ1) is 18.6. The van der Waals surface area contributed by atoms with Crippen LogP contribution in [0.1, 0.15) is 16.1 Å². The number of carbonyl (C=O) groups is 1. The maximum absolute atomic E-state index is 13.1. The Kier molecular flexibility index (Phi) is 5.05. The summed E-state index contributed by atoms with van der Waals surface area (Å²) >= 11 is 0. The highest BCUT2D eigenvalue weighted by Crippen LogP contribution is 2.42. The van der Waals surface area contributed by atoms with Crippen molar-refractivity contribution in [1.29, 1.82) is 0 Å². The summed E-state index contributed by atoms with van der Waals surface area (Å²) in [5, 5.41) is 0. The van der Waals surface area contributed by atoms with Crippen LogP contribution in [0.4, 0.5) is 5.95 Å². The van der Waals surface area contributed by atoms with Gasteiger partial charge >= 0.3 is 0 Å². The highest BCUT2D eigenvalue weighted by molar-refractivity contribution is 5.95. The molecule has 1 amide bonds. The Hall–Kier alpha value is -1.77. The minimum absolute atomic E-state index is 0.0160. The molecule has 0 bridgehead atoms. The van der Waals surface area contributed by atoms with Gasteiger partial charge in [-0.1, -0.05) is 0 Å². The molecule has 8 heteroatoms. The lowest BCUT2D eigenvalue weighted by Gasteiger charge is -2.32. The lowest BCUT2D eigenvalue weighted by molar-refractivity contribution is 0.0488. The molecular weight excluding hydrogens is 346 g/mol. The summed E-state index contributed by atoms with van der Waals surface area (Å²) < 4.78 is 11.1. The second-order valence-corrected chi connectivity index (χ2v) is 8.15. The van der Waals surface area contributed by atoms with Crippen molar-refractivity contribution in [3.05, 3.63) is 17.5 Å². The Balaban J connectivity index is 1.48. The van der Waals surface area contributed by atoms with Gasteiger partial charge < -0.3 is 24.2 Å². The average Bonchev–Trinajstić information content (AvgIpc) is 3.19. The van der Waals surface area contributed by atoms with Crippen LogP contribution in [0, 0.1) is 18.3 Å². The zero-order chi connectivity index (χ0) is 19.0. The smallest absolute Gasteiger partial charge is 0.257 e. The molecule has 4 rings (SSSR count). The van der Waals surface area contributed by atoms with E-state index in [4.69, 9.17) is 9.47 Å². The van der Waals surface area contributed by atoms with Crippen LogP contribution in [-0.4, -0.2) is 98.9 Å². The number of amides is 1. The van der Waals surface area contributed by atoms with E-state index in [1.54, 1.807) is 13.3 Å². The van der Waals surface area contributed by atoms with Crippen LogP contribution in [-0.2, 0) is 9.47 Å². The molecule has 148 valence electrons. The monoisotopic (exact) mass is 375 g/mol. The first-order valence-corrected chi connectivity index (χ1v) is 9.65. The van der Waals surface area contributed by atoms with E-state index >= 15 is 0 Å². The highest BCUT2D eigenvalue weighted by Gasteiger charge is 2.52. The zero-order valence-electron chi connectivity index (χ0n) is 16.5. The molecule has 0 unspecified atom stereocenters. The Labute approximate surface area is 160 Å². The SMILES string of the molecule is COC[C@@]12COC[C@@H]1CN(C(=O)c1cnc(N3CCN(C)CC3)nc1C)C2. The number of hydrogen-bond acceptors (Lipinski definition) is 7. The minimum Gasteiger partial charge on any atom is -0.384 e. The highest BCUT2D eigenvalue weighted by atomic mass is 16.5. The van der Waals surface area contributed by atoms with Crippen molar-refractivity contribution in [2.24, 2.45) is 11.3 Å². The van der Waals surface area contributed by atoms with Crippen LogP contribution >= 0.6 is 0 Å². The summed E-state index contributed by atoms with van der Waals surface area (Å²) in [6.07, 6.45) is 1.70. The molecule has 3 aliphatic rings. The number of likely N-dealkylation sites (tertiary alicyclic amines) is 1. The molecule has 1 aromatic rings. The van der Waals surface area contributed by atoms with Crippen LogP contribution in [0.25, 0.3) is 0 Å². The van der Waals surface area contributed by atoms with Gasteiger partial charge in [0.1, 0.15) is 0 Å². The number of hydrogen-bond donors (Lipinski definition) is 0. The van der Waals surface area contributed by atoms with Gasteiger partial charge in [-0.25, -0.2) is 9.97 Å². The van der Waals surface area contributed by atoms with Crippen LogP contribution in [0.2, 0.25) is 0 Å². The van der Waals surface area contributed by atoms with Gasteiger partial charge in [0.2, 0.25) is 5.95 Å². The topological polar surface area (TPSA) is 71.0 Å². The van der Waals surface area contributed by atoms with Crippen molar-refractivity contribution >= 4 is 11.9 Å². The number of aryl methyl sites for hydroxylation is 1. The summed E-state index contributed by atoms with van der Waals surface area (Å²) in [6.45, 7) is 9.10. The number of likely N-dealkylation sites (N-methyl/N-ethyl adjacent to an activating group) is 1. The van der Waals surface area contributed by atoms with Crippen molar-refractivity contribution in [3.63, 3.8) is 0 Å². The molecule has 0 N–H and O–H groups in total. The van der Waals surface area contributed by atoms with E-state index in [1.165, 1.54) is 0 Å². The largest absolute Gasteiger partial charge is 0.384 e. The number of aromatic nitrogens is 2. The lowest BCUT2D eigenvalue weighted by Crippen LogP contribution is -2.45. The number of nitrogens with zero attached hydrogens (tertiary/aromatic N) is 5. The number of piperazine rings is 1. The summed E-state index contributed by atoms with van der Waals surface area (Å²) in [6, 6.07) is 0. The number of fused-ring (bicyclic) bond motifs is 1. The quantitative estimate of drug-likeness (QED) is 0.748. The molecular formula is C19H29N5O3. The molecule has 0 saturated carbocycles. The fourth-order valence-corrected chi connectivity index (χ4v) is 4.47. The Morgan fingerprint density at radius 2 is 2.15 bits per heavy atom. The molecule has 0 spiro atoms. The van der Waals surface area contributed by atoms with E-state index in [9.17, 15) is 4.79 Å². The summed E-state index contributed by atoms with van der Waals surface area (Å²) in [4.78, 5) is 28.7. The minimum atomic E-state index is -0.0705. The summed E-state index contributed by atoms with van der Waals surface area (Å²) in [5.74, 6) is 1.08. The van der Waals surface area contributed by atoms with E-state index in [2.05, 4.69) is 26.8 Å². The van der Waals surface area contributed by atoms with E-state index in [1.807, 2.05) is 11.8 Å². The van der Waals surface area contributed by atoms with Crippen LogP contribution in [0.15, 0.2) is 6.20 Å². The molecule has 3 saturated heterocycles. The molecule has 3 fully saturated rings. The van der Waals surface area contributed by atoms with Gasteiger partial charge in [0, 0.05) is 63.9 Å². The molecule has 8 nitrogen and oxygen atoms in total. The number of methoxy groups -OCH3 is 1. The van der Waals surface area contributed by atoms with E-state index in [0.29, 0.717) is 44.4 Å². The fraction of sp³-hybridized carbons (Fsp3) is 0.737. The molecule has 3 aliphatic heterocycles. The van der Waals surface area contributed by atoms with E-state index in [0.717, 1.165) is 37.8 Å². The van der Waals surface area contributed by atoms with Crippen molar-refractivity contribution in [2.75, 3.05) is 78.1 Å². The first-order chi connectivity index (χ1) is 13.0. The third-order valence-electron chi connectivity index (χ3n) is 6.22. The van der Waals surface area contributed by atoms with Gasteiger partial charge in [-0.2, -0.15) is 0 Å². The van der Waals surface area contributed by atoms with Crippen LogP contribution in [0.5, 0.6) is 0 Å². The third kappa shape index (κ3) is 3.41. The van der Waals surface area contributed by atoms with Gasteiger partial charge in [0.25, 0.3) is 5.91 Å². The normalized spacial score (nSPS) is 28.6. The molecule has 0 aromatic carbocycles. The van der Waals surface area contributed by atoms with Crippen molar-refractivity contribution in [3.8, 4) is 0 Å².